The molecule has 1 atom stereocenters. The fourth-order valence-corrected chi connectivity index (χ4v) is 2.79. The molecular formula is C11H17N3OS. The number of nitrogens with two attached hydrogens (primary N) is 1. The van der Waals surface area contributed by atoms with Crippen LogP contribution in [-0.4, -0.2) is 17.4 Å². The summed E-state index contributed by atoms with van der Waals surface area (Å²) in [7, 11) is 0. The van der Waals surface area contributed by atoms with Gasteiger partial charge in [-0.2, -0.15) is 0 Å². The first kappa shape index (κ1) is 11.5. The maximum absolute atomic E-state index is 11.6. The van der Waals surface area contributed by atoms with Crippen LogP contribution in [0.5, 0.6) is 0 Å². The maximum Gasteiger partial charge on any atom is 0.230 e. The molecule has 0 aliphatic heterocycles. The summed E-state index contributed by atoms with van der Waals surface area (Å²) in [6.45, 7) is 2.19. The number of anilines is 1. The van der Waals surface area contributed by atoms with Crippen molar-refractivity contribution in [3.05, 3.63) is 10.6 Å². The summed E-state index contributed by atoms with van der Waals surface area (Å²) in [6, 6.07) is 0. The van der Waals surface area contributed by atoms with Crippen molar-refractivity contribution < 1.29 is 4.79 Å². The lowest BCUT2D eigenvalue weighted by atomic mass is 10.0. The van der Waals surface area contributed by atoms with Crippen molar-refractivity contribution in [2.24, 2.45) is 11.7 Å². The number of aromatic nitrogens is 1. The van der Waals surface area contributed by atoms with E-state index < -0.39 is 0 Å². The summed E-state index contributed by atoms with van der Waals surface area (Å²) >= 11 is 1.61. The topological polar surface area (TPSA) is 68.0 Å². The second kappa shape index (κ2) is 4.93. The molecule has 4 nitrogen and oxygen atoms in total. The number of hydrogen-bond donors (Lipinski definition) is 2. The fourth-order valence-electron chi connectivity index (χ4n) is 1.74. The van der Waals surface area contributed by atoms with E-state index in [0.717, 1.165) is 18.0 Å². The molecule has 0 saturated carbocycles. The van der Waals surface area contributed by atoms with Gasteiger partial charge in [0.2, 0.25) is 5.91 Å². The smallest absolute Gasteiger partial charge is 0.230 e. The Morgan fingerprint density at radius 2 is 2.31 bits per heavy atom. The van der Waals surface area contributed by atoms with Crippen LogP contribution in [0.25, 0.3) is 0 Å². The van der Waals surface area contributed by atoms with E-state index in [2.05, 4.69) is 10.3 Å². The van der Waals surface area contributed by atoms with Crippen LogP contribution in [0.3, 0.4) is 0 Å². The molecule has 0 fully saturated rings. The van der Waals surface area contributed by atoms with Gasteiger partial charge in [0.1, 0.15) is 0 Å². The molecule has 1 heterocycles. The van der Waals surface area contributed by atoms with Crippen LogP contribution in [0, 0.1) is 5.92 Å². The molecule has 5 heteroatoms. The zero-order valence-electron chi connectivity index (χ0n) is 9.45. The van der Waals surface area contributed by atoms with E-state index >= 15 is 0 Å². The highest BCUT2D eigenvalue weighted by molar-refractivity contribution is 7.15. The molecule has 0 aromatic carbocycles. The molecule has 1 aliphatic carbocycles. The summed E-state index contributed by atoms with van der Waals surface area (Å²) in [5.41, 5.74) is 6.62. The molecule has 0 spiro atoms. The van der Waals surface area contributed by atoms with E-state index in [4.69, 9.17) is 5.73 Å². The Bertz CT molecular complexity index is 365. The third-order valence-electron chi connectivity index (χ3n) is 2.88. The molecule has 1 aromatic rings. The summed E-state index contributed by atoms with van der Waals surface area (Å²) < 4.78 is 0. The van der Waals surface area contributed by atoms with Gasteiger partial charge in [0.05, 0.1) is 5.69 Å². The normalized spacial score (nSPS) is 16.6. The number of thiazole rings is 1. The van der Waals surface area contributed by atoms with E-state index in [1.165, 1.54) is 23.4 Å². The van der Waals surface area contributed by atoms with Gasteiger partial charge < -0.3 is 11.1 Å². The van der Waals surface area contributed by atoms with Gasteiger partial charge in [0.15, 0.2) is 5.13 Å². The van der Waals surface area contributed by atoms with Gasteiger partial charge in [-0.15, -0.1) is 11.3 Å². The molecular weight excluding hydrogens is 222 g/mol. The van der Waals surface area contributed by atoms with Gasteiger partial charge >= 0.3 is 0 Å². The number of carbonyl (C=O) groups excluding carboxylic acids is 1. The summed E-state index contributed by atoms with van der Waals surface area (Å²) in [6.07, 6.45) is 4.61. The fraction of sp³-hybridized carbons (Fsp3) is 0.636. The van der Waals surface area contributed by atoms with Crippen molar-refractivity contribution in [1.82, 2.24) is 4.98 Å². The number of fused-ring (bicyclic) bond motifs is 1. The van der Waals surface area contributed by atoms with Crippen LogP contribution in [-0.2, 0) is 17.6 Å². The Kier molecular flexibility index (Phi) is 3.56. The molecule has 1 unspecified atom stereocenters. The van der Waals surface area contributed by atoms with Gasteiger partial charge in [0.25, 0.3) is 0 Å². The lowest BCUT2D eigenvalue weighted by Crippen LogP contribution is -2.26. The van der Waals surface area contributed by atoms with E-state index in [0.29, 0.717) is 6.54 Å². The number of aryl methyl sites for hydroxylation is 2. The number of rotatable bonds is 3. The summed E-state index contributed by atoms with van der Waals surface area (Å²) in [5, 5.41) is 3.57. The standard InChI is InChI=1S/C11H17N3OS/c1-7(6-12)10(15)14-11-13-8-4-2-3-5-9(8)16-11/h7H,2-6,12H2,1H3,(H,13,14,15). The highest BCUT2D eigenvalue weighted by Crippen LogP contribution is 2.29. The minimum atomic E-state index is -0.152. The second-order valence-corrected chi connectivity index (χ2v) is 5.31. The average Bonchev–Trinajstić information content (AvgIpc) is 2.69. The van der Waals surface area contributed by atoms with Crippen molar-refractivity contribution in [1.29, 1.82) is 0 Å². The molecule has 2 rings (SSSR count). The molecule has 1 amide bonds. The molecule has 1 aliphatic rings. The van der Waals surface area contributed by atoms with Crippen molar-refractivity contribution in [2.45, 2.75) is 32.6 Å². The Hall–Kier alpha value is -0.940. The maximum atomic E-state index is 11.6. The SMILES string of the molecule is CC(CN)C(=O)Nc1nc2c(s1)CCCC2. The molecule has 88 valence electrons. The molecule has 3 N–H and O–H groups in total. The van der Waals surface area contributed by atoms with Crippen LogP contribution in [0.2, 0.25) is 0 Å². The summed E-state index contributed by atoms with van der Waals surface area (Å²) in [4.78, 5) is 17.4. The van der Waals surface area contributed by atoms with E-state index in [1.54, 1.807) is 11.3 Å². The number of nitrogens with one attached hydrogen (secondary N) is 1. The van der Waals surface area contributed by atoms with Crippen LogP contribution in [0.4, 0.5) is 5.13 Å². The Labute approximate surface area is 99.3 Å². The highest BCUT2D eigenvalue weighted by atomic mass is 32.1. The molecule has 0 bridgehead atoms. The van der Waals surface area contributed by atoms with E-state index in [9.17, 15) is 4.79 Å². The largest absolute Gasteiger partial charge is 0.330 e. The summed E-state index contributed by atoms with van der Waals surface area (Å²) in [5.74, 6) is -0.186. The molecule has 16 heavy (non-hydrogen) atoms. The Balaban J connectivity index is 2.05. The van der Waals surface area contributed by atoms with Gasteiger partial charge in [0, 0.05) is 17.3 Å². The molecule has 0 saturated heterocycles. The van der Waals surface area contributed by atoms with Crippen molar-refractivity contribution >= 4 is 22.4 Å². The Morgan fingerprint density at radius 3 is 3.00 bits per heavy atom. The zero-order chi connectivity index (χ0) is 11.5. The number of amides is 1. The minimum Gasteiger partial charge on any atom is -0.330 e. The van der Waals surface area contributed by atoms with Gasteiger partial charge in [-0.3, -0.25) is 4.79 Å². The van der Waals surface area contributed by atoms with Gasteiger partial charge in [-0.1, -0.05) is 6.92 Å². The van der Waals surface area contributed by atoms with Gasteiger partial charge in [-0.05, 0) is 25.7 Å². The number of nitrogens with zero attached hydrogens (tertiary/aromatic N) is 1. The molecule has 1 aromatic heterocycles. The first-order valence-corrected chi connectivity index (χ1v) is 6.52. The molecule has 0 radical (unpaired) electrons. The van der Waals surface area contributed by atoms with Crippen LogP contribution in [0.1, 0.15) is 30.3 Å². The average molecular weight is 239 g/mol. The third kappa shape index (κ3) is 2.41. The highest BCUT2D eigenvalue weighted by Gasteiger charge is 2.17. The predicted molar refractivity (Wildman–Crippen MR) is 65.6 cm³/mol. The second-order valence-electron chi connectivity index (χ2n) is 4.22. The lowest BCUT2D eigenvalue weighted by molar-refractivity contribution is -0.119. The predicted octanol–water partition coefficient (Wildman–Crippen LogP) is 1.56. The van der Waals surface area contributed by atoms with E-state index in [-0.39, 0.29) is 11.8 Å². The monoisotopic (exact) mass is 239 g/mol. The van der Waals surface area contributed by atoms with Crippen LogP contribution < -0.4 is 11.1 Å². The third-order valence-corrected chi connectivity index (χ3v) is 3.95. The minimum absolute atomic E-state index is 0.0337. The lowest BCUT2D eigenvalue weighted by Gasteiger charge is -2.06. The van der Waals surface area contributed by atoms with Crippen LogP contribution >= 0.6 is 11.3 Å². The van der Waals surface area contributed by atoms with Crippen molar-refractivity contribution in [3.63, 3.8) is 0 Å². The zero-order valence-corrected chi connectivity index (χ0v) is 10.3. The Morgan fingerprint density at radius 1 is 1.56 bits per heavy atom. The first-order valence-electron chi connectivity index (χ1n) is 5.70. The number of hydrogen-bond acceptors (Lipinski definition) is 4. The van der Waals surface area contributed by atoms with Gasteiger partial charge in [-0.25, -0.2) is 4.98 Å². The van der Waals surface area contributed by atoms with Crippen LogP contribution in [0.15, 0.2) is 0 Å². The quantitative estimate of drug-likeness (QED) is 0.841. The van der Waals surface area contributed by atoms with E-state index in [1.807, 2.05) is 6.92 Å². The van der Waals surface area contributed by atoms with Crippen molar-refractivity contribution in [2.75, 3.05) is 11.9 Å². The number of carbonyl (C=O) groups is 1. The first-order chi connectivity index (χ1) is 7.70. The van der Waals surface area contributed by atoms with Crippen molar-refractivity contribution in [3.8, 4) is 0 Å².